The van der Waals surface area contributed by atoms with Gasteiger partial charge in [-0.05, 0) is 18.2 Å². The van der Waals surface area contributed by atoms with E-state index in [2.05, 4.69) is 10.6 Å². The van der Waals surface area contributed by atoms with Gasteiger partial charge in [-0.1, -0.05) is 0 Å². The highest BCUT2D eigenvalue weighted by Crippen LogP contribution is 2.32. The number of carbonyl (C=O) groups is 1. The molecule has 0 aromatic heterocycles. The van der Waals surface area contributed by atoms with E-state index in [-0.39, 0.29) is 24.4 Å². The number of hydrogen-bond acceptors (Lipinski definition) is 3. The average Bonchev–Trinajstić information content (AvgIpc) is 2.34. The second-order valence-corrected chi connectivity index (χ2v) is 3.49. The third-order valence-corrected chi connectivity index (χ3v) is 2.26. The third-order valence-electron chi connectivity index (χ3n) is 2.26. The van der Waals surface area contributed by atoms with Crippen molar-refractivity contribution in [2.24, 2.45) is 0 Å². The fourth-order valence-electron chi connectivity index (χ4n) is 1.39. The van der Waals surface area contributed by atoms with E-state index in [9.17, 15) is 18.0 Å². The van der Waals surface area contributed by atoms with Crippen molar-refractivity contribution in [3.8, 4) is 0 Å². The smallest absolute Gasteiger partial charge is 0.395 e. The van der Waals surface area contributed by atoms with Gasteiger partial charge in [-0.2, -0.15) is 13.2 Å². The summed E-state index contributed by atoms with van der Waals surface area (Å²) in [5, 5.41) is 13.5. The van der Waals surface area contributed by atoms with Crippen molar-refractivity contribution in [1.82, 2.24) is 5.32 Å². The summed E-state index contributed by atoms with van der Waals surface area (Å²) >= 11 is 0. The van der Waals surface area contributed by atoms with Gasteiger partial charge in [-0.15, -0.1) is 0 Å². The molecule has 7 heteroatoms. The Bertz CT molecular complexity index is 433. The first kappa shape index (κ1) is 14.3. The SMILES string of the molecule is CNc1cc(C(F)(F)F)ccc1C(=O)NCCO. The summed E-state index contributed by atoms with van der Waals surface area (Å²) in [6.07, 6.45) is -4.45. The normalized spacial score (nSPS) is 11.2. The fourth-order valence-corrected chi connectivity index (χ4v) is 1.39. The maximum Gasteiger partial charge on any atom is 0.416 e. The highest BCUT2D eigenvalue weighted by molar-refractivity contribution is 5.99. The number of alkyl halides is 3. The Morgan fingerprint density at radius 2 is 2.06 bits per heavy atom. The Morgan fingerprint density at radius 3 is 2.56 bits per heavy atom. The Morgan fingerprint density at radius 1 is 1.39 bits per heavy atom. The minimum Gasteiger partial charge on any atom is -0.395 e. The van der Waals surface area contributed by atoms with Gasteiger partial charge in [-0.25, -0.2) is 0 Å². The summed E-state index contributed by atoms with van der Waals surface area (Å²) in [6, 6.07) is 2.81. The van der Waals surface area contributed by atoms with Crippen LogP contribution in [0.4, 0.5) is 18.9 Å². The number of aliphatic hydroxyl groups excluding tert-OH is 1. The predicted octanol–water partition coefficient (Wildman–Crippen LogP) is 1.47. The molecule has 0 aliphatic heterocycles. The van der Waals surface area contributed by atoms with Gasteiger partial charge in [0, 0.05) is 19.3 Å². The Hall–Kier alpha value is -1.76. The molecule has 1 aromatic carbocycles. The van der Waals surface area contributed by atoms with Gasteiger partial charge < -0.3 is 15.7 Å². The van der Waals surface area contributed by atoms with E-state index >= 15 is 0 Å². The predicted molar refractivity (Wildman–Crippen MR) is 60.4 cm³/mol. The molecule has 0 fully saturated rings. The second kappa shape index (κ2) is 5.72. The molecule has 3 N–H and O–H groups in total. The Kier molecular flexibility index (Phi) is 4.55. The summed E-state index contributed by atoms with van der Waals surface area (Å²) in [6.45, 7) is -0.190. The van der Waals surface area contributed by atoms with E-state index in [0.29, 0.717) is 0 Å². The molecule has 0 saturated carbocycles. The van der Waals surface area contributed by atoms with Crippen LogP contribution in [0.25, 0.3) is 0 Å². The molecule has 0 unspecified atom stereocenters. The number of nitrogens with one attached hydrogen (secondary N) is 2. The number of anilines is 1. The van der Waals surface area contributed by atoms with E-state index in [1.807, 2.05) is 0 Å². The molecule has 1 aromatic rings. The highest BCUT2D eigenvalue weighted by Gasteiger charge is 2.31. The van der Waals surface area contributed by atoms with Crippen LogP contribution in [0, 0.1) is 0 Å². The number of aliphatic hydroxyl groups is 1. The number of carbonyl (C=O) groups excluding carboxylic acids is 1. The molecule has 1 amide bonds. The molecule has 18 heavy (non-hydrogen) atoms. The van der Waals surface area contributed by atoms with Crippen LogP contribution in [0.3, 0.4) is 0 Å². The maximum atomic E-state index is 12.5. The molecule has 0 aliphatic rings. The van der Waals surface area contributed by atoms with Crippen molar-refractivity contribution in [3.05, 3.63) is 29.3 Å². The molecule has 0 saturated heterocycles. The van der Waals surface area contributed by atoms with Gasteiger partial charge in [0.1, 0.15) is 0 Å². The van der Waals surface area contributed by atoms with Crippen LogP contribution >= 0.6 is 0 Å². The third kappa shape index (κ3) is 3.36. The largest absolute Gasteiger partial charge is 0.416 e. The summed E-state index contributed by atoms with van der Waals surface area (Å²) in [7, 11) is 1.43. The van der Waals surface area contributed by atoms with Crippen LogP contribution < -0.4 is 10.6 Å². The van der Waals surface area contributed by atoms with E-state index in [1.165, 1.54) is 7.05 Å². The summed E-state index contributed by atoms with van der Waals surface area (Å²) in [4.78, 5) is 11.6. The Labute approximate surface area is 102 Å². The van der Waals surface area contributed by atoms with Gasteiger partial charge >= 0.3 is 6.18 Å². The molecule has 0 spiro atoms. The maximum absolute atomic E-state index is 12.5. The van der Waals surface area contributed by atoms with Gasteiger partial charge in [0.05, 0.1) is 17.7 Å². The fraction of sp³-hybridized carbons (Fsp3) is 0.364. The molecule has 0 heterocycles. The van der Waals surface area contributed by atoms with E-state index in [0.717, 1.165) is 18.2 Å². The van der Waals surface area contributed by atoms with E-state index in [1.54, 1.807) is 0 Å². The van der Waals surface area contributed by atoms with Crippen LogP contribution in [0.1, 0.15) is 15.9 Å². The zero-order valence-corrected chi connectivity index (χ0v) is 9.64. The Balaban J connectivity index is 3.04. The molecule has 100 valence electrons. The van der Waals surface area contributed by atoms with Crippen LogP contribution in [0.2, 0.25) is 0 Å². The van der Waals surface area contributed by atoms with E-state index in [4.69, 9.17) is 5.11 Å². The average molecular weight is 262 g/mol. The number of rotatable bonds is 4. The number of benzene rings is 1. The zero-order valence-electron chi connectivity index (χ0n) is 9.64. The molecule has 0 atom stereocenters. The van der Waals surface area contributed by atoms with Crippen LogP contribution in [0.5, 0.6) is 0 Å². The van der Waals surface area contributed by atoms with Crippen molar-refractivity contribution < 1.29 is 23.1 Å². The quantitative estimate of drug-likeness (QED) is 0.770. The first-order valence-electron chi connectivity index (χ1n) is 5.18. The van der Waals surface area contributed by atoms with Crippen LogP contribution in [-0.4, -0.2) is 31.2 Å². The first-order chi connectivity index (χ1) is 8.40. The van der Waals surface area contributed by atoms with Crippen molar-refractivity contribution in [2.75, 3.05) is 25.5 Å². The first-order valence-corrected chi connectivity index (χ1v) is 5.18. The second-order valence-electron chi connectivity index (χ2n) is 3.49. The molecule has 0 bridgehead atoms. The standard InChI is InChI=1S/C11H13F3N2O2/c1-15-9-6-7(11(12,13)14)2-3-8(9)10(18)16-4-5-17/h2-3,6,15,17H,4-5H2,1H3,(H,16,18). The molecular formula is C11H13F3N2O2. The topological polar surface area (TPSA) is 61.4 Å². The lowest BCUT2D eigenvalue weighted by atomic mass is 10.1. The van der Waals surface area contributed by atoms with Crippen LogP contribution in [0.15, 0.2) is 18.2 Å². The lowest BCUT2D eigenvalue weighted by Gasteiger charge is -2.13. The monoisotopic (exact) mass is 262 g/mol. The summed E-state index contributed by atoms with van der Waals surface area (Å²) < 4.78 is 37.4. The van der Waals surface area contributed by atoms with Gasteiger partial charge in [0.2, 0.25) is 0 Å². The highest BCUT2D eigenvalue weighted by atomic mass is 19.4. The zero-order chi connectivity index (χ0) is 13.8. The van der Waals surface area contributed by atoms with E-state index < -0.39 is 17.6 Å². The summed E-state index contributed by atoms with van der Waals surface area (Å²) in [5.41, 5.74) is -0.648. The van der Waals surface area contributed by atoms with Crippen molar-refractivity contribution >= 4 is 11.6 Å². The number of hydrogen-bond donors (Lipinski definition) is 3. The minimum atomic E-state index is -4.45. The number of halogens is 3. The lowest BCUT2D eigenvalue weighted by molar-refractivity contribution is -0.137. The lowest BCUT2D eigenvalue weighted by Crippen LogP contribution is -2.27. The van der Waals surface area contributed by atoms with Crippen molar-refractivity contribution in [3.63, 3.8) is 0 Å². The number of amides is 1. The minimum absolute atomic E-state index is 0.0447. The van der Waals surface area contributed by atoms with Crippen molar-refractivity contribution in [2.45, 2.75) is 6.18 Å². The van der Waals surface area contributed by atoms with Crippen LogP contribution in [-0.2, 0) is 6.18 Å². The van der Waals surface area contributed by atoms with Gasteiger partial charge in [0.25, 0.3) is 5.91 Å². The molecule has 1 rings (SSSR count). The molecule has 0 aliphatic carbocycles. The molecular weight excluding hydrogens is 249 g/mol. The summed E-state index contributed by atoms with van der Waals surface area (Å²) in [5.74, 6) is -0.540. The molecule has 4 nitrogen and oxygen atoms in total. The van der Waals surface area contributed by atoms with Gasteiger partial charge in [0.15, 0.2) is 0 Å². The molecule has 0 radical (unpaired) electrons. The van der Waals surface area contributed by atoms with Crippen molar-refractivity contribution in [1.29, 1.82) is 0 Å². The van der Waals surface area contributed by atoms with Gasteiger partial charge in [-0.3, -0.25) is 4.79 Å².